The molecule has 4 bridgehead atoms. The van der Waals surface area contributed by atoms with Crippen molar-refractivity contribution < 1.29 is 242 Å². The first-order chi connectivity index (χ1) is 16.5. The van der Waals surface area contributed by atoms with E-state index >= 15 is 0 Å². The van der Waals surface area contributed by atoms with Crippen molar-refractivity contribution in [2.24, 2.45) is 0 Å². The van der Waals surface area contributed by atoms with E-state index in [1.807, 2.05) is 0 Å². The summed E-state index contributed by atoms with van der Waals surface area (Å²) in [5.41, 5.74) is 0. The Hall–Kier alpha value is 3.12. The molecule has 0 aromatic heterocycles. The molecule has 0 amide bonds. The zero-order chi connectivity index (χ0) is 29.5. The molecule has 3 heterocycles. The minimum atomic E-state index is -7.45. The van der Waals surface area contributed by atoms with Gasteiger partial charge >= 0.3 is 242 Å². The third kappa shape index (κ3) is 10.1. The van der Waals surface area contributed by atoms with Crippen LogP contribution in [0.15, 0.2) is 0 Å². The first kappa shape index (κ1) is 35.6. The van der Waals surface area contributed by atoms with Gasteiger partial charge in [0.05, 0.1) is 0 Å². The summed E-state index contributed by atoms with van der Waals surface area (Å²) in [6.07, 6.45) is 0. The fraction of sp³-hybridized carbons (Fsp3) is 0. The Labute approximate surface area is 238 Å². The Balaban J connectivity index is 2.26. The maximum atomic E-state index is 13.1. The van der Waals surface area contributed by atoms with Crippen LogP contribution in [0.1, 0.15) is 0 Å². The van der Waals surface area contributed by atoms with Gasteiger partial charge in [-0.05, 0) is 0 Å². The monoisotopic (exact) mass is 963 g/mol. The molecule has 0 aliphatic carbocycles. The van der Waals surface area contributed by atoms with Gasteiger partial charge in [-0.3, -0.25) is 0 Å². The molecule has 0 aromatic carbocycles. The summed E-state index contributed by atoms with van der Waals surface area (Å²) >= 11 is -71.8. The van der Waals surface area contributed by atoms with Gasteiger partial charge in [-0.25, -0.2) is 0 Å². The molecule has 224 valence electrons. The van der Waals surface area contributed by atoms with Crippen molar-refractivity contribution in [2.45, 2.75) is 0 Å². The fourth-order valence-corrected chi connectivity index (χ4v) is 46.4. The van der Waals surface area contributed by atoms with Gasteiger partial charge in [0.15, 0.2) is 0 Å². The third-order valence-corrected chi connectivity index (χ3v) is 41.2. The molecule has 0 atom stereocenters. The molecule has 3 aliphatic heterocycles. The van der Waals surface area contributed by atoms with Crippen LogP contribution >= 0.6 is 0 Å². The van der Waals surface area contributed by atoms with E-state index in [1.54, 1.807) is 0 Å². The van der Waals surface area contributed by atoms with Crippen LogP contribution in [-0.2, 0) is 218 Å². The Morgan fingerprint density at radius 1 is 0.421 bits per heavy atom. The van der Waals surface area contributed by atoms with E-state index in [0.29, 0.717) is 0 Å². The van der Waals surface area contributed by atoms with Crippen LogP contribution in [0.5, 0.6) is 0 Å². The van der Waals surface area contributed by atoms with E-state index < -0.39 is 150 Å². The maximum absolute atomic E-state index is 13.1. The van der Waals surface area contributed by atoms with Crippen LogP contribution in [-0.4, -0.2) is 24.2 Å². The average Bonchev–Trinajstić information content (AvgIpc) is 2.38. The third-order valence-electron chi connectivity index (χ3n) is 2.43. The van der Waals surface area contributed by atoms with Gasteiger partial charge in [0.2, 0.25) is 0 Å². The molecule has 0 unspecified atom stereocenters. The van der Waals surface area contributed by atoms with Gasteiger partial charge in [0, 0.05) is 0 Å². The predicted molar refractivity (Wildman–Crippen MR) is 33.2 cm³/mol. The van der Waals surface area contributed by atoms with Crippen molar-refractivity contribution in [3.63, 3.8) is 0 Å². The summed E-state index contributed by atoms with van der Waals surface area (Å²) in [5, 5.41) is 0. The molecule has 0 spiro atoms. The fourth-order valence-electron chi connectivity index (χ4n) is 1.80. The van der Waals surface area contributed by atoms with Gasteiger partial charge in [0.25, 0.3) is 0 Å². The van der Waals surface area contributed by atoms with Gasteiger partial charge in [-0.2, -0.15) is 0 Å². The van der Waals surface area contributed by atoms with Crippen molar-refractivity contribution in [3.8, 4) is 0 Å². The first-order valence-electron chi connectivity index (χ1n) is 7.41. The zero-order valence-electron chi connectivity index (χ0n) is 16.1. The van der Waals surface area contributed by atoms with Crippen molar-refractivity contribution in [2.75, 3.05) is 0 Å². The van der Waals surface area contributed by atoms with E-state index in [0.717, 1.165) is 0 Å². The molecule has 6 N–H and O–H groups in total. The Bertz CT molecular complexity index is 1380. The predicted octanol–water partition coefficient (Wildman–Crippen LogP) is -5.38. The molecule has 3 saturated heterocycles. The summed E-state index contributed by atoms with van der Waals surface area (Å²) in [6.45, 7) is 0. The Morgan fingerprint density at radius 2 is 0.684 bits per heavy atom. The van der Waals surface area contributed by atoms with Crippen LogP contribution in [0.3, 0.4) is 0 Å². The second-order valence-corrected chi connectivity index (χ2v) is 35.6. The molecule has 0 radical (unpaired) electrons. The topological polar surface area (TPSA) is 403 Å². The average molecular weight is 963 g/mol. The summed E-state index contributed by atoms with van der Waals surface area (Å²) in [4.78, 5) is 0. The van der Waals surface area contributed by atoms with Crippen LogP contribution in [0, 0.1) is 0 Å². The summed E-state index contributed by atoms with van der Waals surface area (Å²) < 4.78 is 225. The normalized spacial score (nSPS) is 50.9. The molecule has 0 saturated carbocycles. The molecular formula is H6O28V10. The number of rotatable bonds is 4. The second kappa shape index (κ2) is 10.9. The molecule has 38 heavy (non-hydrogen) atoms. The zero-order valence-corrected chi connectivity index (χ0v) is 30.1. The van der Waals surface area contributed by atoms with E-state index in [1.165, 1.54) is 0 Å². The summed E-state index contributed by atoms with van der Waals surface area (Å²) in [7, 11) is 0. The van der Waals surface area contributed by atoms with Crippen LogP contribution < -0.4 is 0 Å². The first-order valence-corrected chi connectivity index (χ1v) is 30.5. The number of hydrogen-bond acceptors (Lipinski definition) is 22. The van der Waals surface area contributed by atoms with Crippen LogP contribution in [0.2, 0.25) is 0 Å². The molecule has 38 heteroatoms. The second-order valence-electron chi connectivity index (χ2n) is 5.58. The minimum absolute atomic E-state index is 3.61. The Morgan fingerprint density at radius 3 is 0.947 bits per heavy atom. The molecule has 3 rings (SSSR count). The van der Waals surface area contributed by atoms with Crippen molar-refractivity contribution in [1.82, 2.24) is 0 Å². The summed E-state index contributed by atoms with van der Waals surface area (Å²) in [6, 6.07) is 0. The molecular weight excluding hydrogens is 957 g/mol. The number of fused-ring (bicyclic) bond motifs is 4. The van der Waals surface area contributed by atoms with Crippen molar-refractivity contribution in [1.29, 1.82) is 0 Å². The van der Waals surface area contributed by atoms with E-state index in [9.17, 15) is 44.8 Å². The molecule has 3 fully saturated rings. The number of hydrogen-bond donors (Lipinski definition) is 6. The standard InChI is InChI=1S/6H2O.22O.10V/h6*1H2;;;;;;;;;;;;;;;;;;;;;;;;;;;;;;;;/q;;;;;;;;;;;;;;;;;;;;;;;;;;;;;;;;;;2*+1;2*+2/p-6. The van der Waals surface area contributed by atoms with Crippen LogP contribution in [0.25, 0.3) is 0 Å². The quantitative estimate of drug-likeness (QED) is 0.153. The van der Waals surface area contributed by atoms with Gasteiger partial charge < -0.3 is 0 Å². The Kier molecular flexibility index (Phi) is 10.2. The molecule has 3 aliphatic rings. The van der Waals surface area contributed by atoms with E-state index in [-0.39, 0.29) is 0 Å². The van der Waals surface area contributed by atoms with Gasteiger partial charge in [-0.1, -0.05) is 0 Å². The van der Waals surface area contributed by atoms with Crippen molar-refractivity contribution in [3.05, 3.63) is 0 Å². The summed E-state index contributed by atoms with van der Waals surface area (Å²) in [5.74, 6) is 0. The molecule has 0 aromatic rings. The van der Waals surface area contributed by atoms with Gasteiger partial charge in [-0.15, -0.1) is 0 Å². The van der Waals surface area contributed by atoms with Crippen LogP contribution in [0.4, 0.5) is 0 Å². The van der Waals surface area contributed by atoms with Crippen molar-refractivity contribution >= 4 is 0 Å². The molecule has 28 nitrogen and oxygen atoms in total. The SMILES string of the molecule is [O]=[V]([OH])([OH])[O][V]1(=[O])[O][V](=[O])([O][V](=[O])([OH])[OH])[O][V]2(=[O])[O][V]3(=[O])[O][V](=[O])([OH])[O][V](=[O])([OH])[O][V](=[O])([O]3)[O][V](=[O])([O]1)[O]2. The van der Waals surface area contributed by atoms with E-state index in [4.69, 9.17) is 16.1 Å². The van der Waals surface area contributed by atoms with E-state index in [2.05, 4.69) is 31.0 Å². The van der Waals surface area contributed by atoms with Gasteiger partial charge in [0.1, 0.15) is 0 Å².